The fourth-order valence-corrected chi connectivity index (χ4v) is 3.53. The van der Waals surface area contributed by atoms with Crippen LogP contribution in [0.5, 0.6) is 0 Å². The molecule has 3 rings (SSSR count). The molecule has 0 spiro atoms. The second-order valence-electron chi connectivity index (χ2n) is 7.87. The highest BCUT2D eigenvalue weighted by Crippen LogP contribution is 2.30. The first kappa shape index (κ1) is 25.2. The molecule has 1 unspecified atom stereocenters. The van der Waals surface area contributed by atoms with Gasteiger partial charge in [-0.2, -0.15) is 13.2 Å². The molecule has 1 saturated heterocycles. The summed E-state index contributed by atoms with van der Waals surface area (Å²) >= 11 is 0. The van der Waals surface area contributed by atoms with Gasteiger partial charge in [-0.25, -0.2) is 4.79 Å². The van der Waals surface area contributed by atoms with Crippen LogP contribution in [0.3, 0.4) is 0 Å². The van der Waals surface area contributed by atoms with Crippen LogP contribution < -0.4 is 10.4 Å². The highest BCUT2D eigenvalue weighted by molar-refractivity contribution is 5.94. The van der Waals surface area contributed by atoms with Crippen molar-refractivity contribution in [3.8, 4) is 0 Å². The van der Waals surface area contributed by atoms with E-state index in [1.165, 1.54) is 11.0 Å². The Hall–Kier alpha value is -3.39. The van der Waals surface area contributed by atoms with E-state index in [0.717, 1.165) is 12.1 Å². The third-order valence-electron chi connectivity index (χ3n) is 5.45. The third kappa shape index (κ3) is 6.14. The van der Waals surface area contributed by atoms with Crippen molar-refractivity contribution in [3.05, 3.63) is 75.7 Å². The number of hydrogen-bond acceptors (Lipinski definition) is 4. The maximum atomic E-state index is 13.0. The number of nitrogens with zero attached hydrogens (tertiary/aromatic N) is 1. The molecule has 34 heavy (non-hydrogen) atoms. The normalized spacial score (nSPS) is 17.6. The molecule has 8 heteroatoms. The summed E-state index contributed by atoms with van der Waals surface area (Å²) < 4.78 is 49.4. The van der Waals surface area contributed by atoms with Gasteiger partial charge in [0, 0.05) is 12.1 Å². The summed E-state index contributed by atoms with van der Waals surface area (Å²) in [6, 6.07) is 10.1. The number of amides is 1. The average Bonchev–Trinajstić information content (AvgIpc) is 2.82. The first-order chi connectivity index (χ1) is 16.1. The van der Waals surface area contributed by atoms with Crippen molar-refractivity contribution in [1.29, 1.82) is 0 Å². The number of morpholine rings is 1. The van der Waals surface area contributed by atoms with Gasteiger partial charge in [0.1, 0.15) is 0 Å². The smallest absolute Gasteiger partial charge is 0.416 e. The molecule has 1 heterocycles. The van der Waals surface area contributed by atoms with E-state index < -0.39 is 23.8 Å². The zero-order valence-electron chi connectivity index (χ0n) is 19.0. The molecule has 0 radical (unpaired) electrons. The van der Waals surface area contributed by atoms with Gasteiger partial charge in [0.15, 0.2) is 6.10 Å². The molecular formula is C26H26F3NO4. The number of esters is 1. The summed E-state index contributed by atoms with van der Waals surface area (Å²) in [5.74, 6) is -0.761. The number of carbonyl (C=O) groups excluding carboxylic acids is 2. The number of ether oxygens (including phenoxy) is 2. The molecule has 0 aliphatic carbocycles. The van der Waals surface area contributed by atoms with Gasteiger partial charge in [-0.1, -0.05) is 36.9 Å². The molecule has 0 aromatic heterocycles. The molecule has 1 aliphatic rings. The number of benzene rings is 2. The summed E-state index contributed by atoms with van der Waals surface area (Å²) in [5.41, 5.74) is 0.776. The van der Waals surface area contributed by atoms with Gasteiger partial charge in [0.2, 0.25) is 0 Å². The van der Waals surface area contributed by atoms with Gasteiger partial charge < -0.3 is 14.4 Å². The summed E-state index contributed by atoms with van der Waals surface area (Å²) in [4.78, 5) is 26.6. The Balaban J connectivity index is 1.84. The van der Waals surface area contributed by atoms with E-state index >= 15 is 0 Å². The van der Waals surface area contributed by atoms with Crippen LogP contribution in [0.25, 0.3) is 18.2 Å². The zero-order chi connectivity index (χ0) is 24.9. The molecule has 2 aromatic carbocycles. The van der Waals surface area contributed by atoms with Crippen LogP contribution in [0, 0.1) is 0 Å². The van der Waals surface area contributed by atoms with Gasteiger partial charge >= 0.3 is 12.1 Å². The molecule has 2 aromatic rings. The summed E-state index contributed by atoms with van der Waals surface area (Å²) in [6.45, 7) is 8.27. The number of alkyl halides is 3. The second kappa shape index (κ2) is 10.7. The van der Waals surface area contributed by atoms with E-state index in [2.05, 4.69) is 6.58 Å². The van der Waals surface area contributed by atoms with Crippen LogP contribution in [0.2, 0.25) is 0 Å². The van der Waals surface area contributed by atoms with Crippen molar-refractivity contribution in [2.45, 2.75) is 26.1 Å². The van der Waals surface area contributed by atoms with Gasteiger partial charge in [-0.15, -0.1) is 0 Å². The largest absolute Gasteiger partial charge is 0.464 e. The van der Waals surface area contributed by atoms with E-state index in [1.807, 2.05) is 0 Å². The van der Waals surface area contributed by atoms with Gasteiger partial charge in [0.25, 0.3) is 5.91 Å². The van der Waals surface area contributed by atoms with Crippen LogP contribution in [0.4, 0.5) is 13.2 Å². The Kier molecular flexibility index (Phi) is 7.94. The molecule has 5 nitrogen and oxygen atoms in total. The number of halogens is 3. The predicted molar refractivity (Wildman–Crippen MR) is 123 cm³/mol. The van der Waals surface area contributed by atoms with E-state index in [0.29, 0.717) is 33.7 Å². The maximum Gasteiger partial charge on any atom is 0.416 e. The molecule has 1 aliphatic heterocycles. The molecule has 0 N–H and O–H groups in total. The lowest BCUT2D eigenvalue weighted by molar-refractivity contribution is -0.161. The van der Waals surface area contributed by atoms with E-state index in [1.54, 1.807) is 50.3 Å². The predicted octanol–water partition coefficient (Wildman–Crippen LogP) is 3.40. The molecular weight excluding hydrogens is 447 g/mol. The van der Waals surface area contributed by atoms with E-state index in [-0.39, 0.29) is 25.7 Å². The molecule has 1 atom stereocenters. The Morgan fingerprint density at radius 1 is 1.21 bits per heavy atom. The highest BCUT2D eigenvalue weighted by atomic mass is 19.4. The van der Waals surface area contributed by atoms with Crippen molar-refractivity contribution in [2.75, 3.05) is 26.3 Å². The maximum absolute atomic E-state index is 13.0. The number of hydrogen-bond donors (Lipinski definition) is 0. The second-order valence-corrected chi connectivity index (χ2v) is 7.87. The monoisotopic (exact) mass is 473 g/mol. The first-order valence-corrected chi connectivity index (χ1v) is 10.8. The van der Waals surface area contributed by atoms with Crippen molar-refractivity contribution in [2.24, 2.45) is 0 Å². The van der Waals surface area contributed by atoms with Crippen molar-refractivity contribution >= 4 is 30.1 Å². The molecule has 0 saturated carbocycles. The van der Waals surface area contributed by atoms with E-state index in [9.17, 15) is 22.8 Å². The Labute approximate surface area is 195 Å². The third-order valence-corrected chi connectivity index (χ3v) is 5.45. The minimum Gasteiger partial charge on any atom is -0.464 e. The fourth-order valence-electron chi connectivity index (χ4n) is 3.53. The van der Waals surface area contributed by atoms with Crippen LogP contribution in [-0.2, 0) is 20.4 Å². The topological polar surface area (TPSA) is 55.8 Å². The standard InChI is InChI=1S/C26H26F3NO4/c1-4-33-25(32)23-16-30(12-13-34-23)24(31)21-11-9-18(3)20(14-21)10-8-17(2)19-6-5-7-22(15-19)26(27,28)29/h5-11,14-15,23H,3-4,12-13,16H2,1-2H3/b17-8+,20-10-. The summed E-state index contributed by atoms with van der Waals surface area (Å²) in [5, 5.41) is 1.32. The first-order valence-electron chi connectivity index (χ1n) is 10.8. The van der Waals surface area contributed by atoms with Crippen molar-refractivity contribution in [1.82, 2.24) is 4.90 Å². The average molecular weight is 473 g/mol. The number of carbonyl (C=O) groups is 2. The molecule has 1 amide bonds. The lowest BCUT2D eigenvalue weighted by atomic mass is 10.0. The molecule has 1 fully saturated rings. The number of rotatable bonds is 5. The lowest BCUT2D eigenvalue weighted by Gasteiger charge is -2.31. The summed E-state index contributed by atoms with van der Waals surface area (Å²) in [6.07, 6.45) is -1.83. The Bertz CT molecular complexity index is 1200. The van der Waals surface area contributed by atoms with Gasteiger partial charge in [-0.3, -0.25) is 4.79 Å². The van der Waals surface area contributed by atoms with Crippen LogP contribution >= 0.6 is 0 Å². The van der Waals surface area contributed by atoms with Crippen molar-refractivity contribution < 1.29 is 32.2 Å². The van der Waals surface area contributed by atoms with Gasteiger partial charge in [0.05, 0.1) is 25.3 Å². The number of allylic oxidation sites excluding steroid dienone is 2. The van der Waals surface area contributed by atoms with Crippen LogP contribution in [0.1, 0.15) is 35.3 Å². The minimum atomic E-state index is -4.42. The Morgan fingerprint density at radius 2 is 1.97 bits per heavy atom. The van der Waals surface area contributed by atoms with Crippen LogP contribution in [0.15, 0.2) is 48.5 Å². The molecule has 0 bridgehead atoms. The minimum absolute atomic E-state index is 0.0946. The highest BCUT2D eigenvalue weighted by Gasteiger charge is 2.31. The zero-order valence-corrected chi connectivity index (χ0v) is 19.0. The quantitative estimate of drug-likeness (QED) is 0.625. The van der Waals surface area contributed by atoms with Crippen LogP contribution in [-0.4, -0.2) is 49.2 Å². The lowest BCUT2D eigenvalue weighted by Crippen LogP contribution is -2.49. The van der Waals surface area contributed by atoms with Crippen molar-refractivity contribution in [3.63, 3.8) is 0 Å². The molecule has 180 valence electrons. The SMILES string of the molecule is C=c1ccc(C(=O)N2CCOC(C(=O)OCC)C2)c/c1=C/C=C(\C)c1cccc(C(F)(F)F)c1. The fraction of sp³-hybridized carbons (Fsp3) is 0.308. The Morgan fingerprint density at radius 3 is 2.68 bits per heavy atom. The summed E-state index contributed by atoms with van der Waals surface area (Å²) in [7, 11) is 0. The van der Waals surface area contributed by atoms with Gasteiger partial charge in [-0.05, 0) is 59.7 Å². The van der Waals surface area contributed by atoms with E-state index in [4.69, 9.17) is 9.47 Å².